The highest BCUT2D eigenvalue weighted by Gasteiger charge is 2.08. The first-order chi connectivity index (χ1) is 7.88. The van der Waals surface area contributed by atoms with Gasteiger partial charge in [-0.2, -0.15) is 0 Å². The molecule has 0 aliphatic carbocycles. The van der Waals surface area contributed by atoms with Gasteiger partial charge < -0.3 is 9.72 Å². The first-order valence-corrected chi connectivity index (χ1v) is 5.81. The highest BCUT2D eigenvalue weighted by molar-refractivity contribution is 7.13. The zero-order chi connectivity index (χ0) is 11.0. The summed E-state index contributed by atoms with van der Waals surface area (Å²) in [5, 5.41) is 4.20. The van der Waals surface area contributed by atoms with Crippen molar-refractivity contribution in [3.8, 4) is 16.3 Å². The molecule has 0 atom stereocenters. The maximum absolute atomic E-state index is 5.19. The van der Waals surface area contributed by atoms with Crippen LogP contribution < -0.4 is 4.74 Å². The Kier molecular flexibility index (Phi) is 2.15. The average molecular weight is 230 g/mol. The minimum absolute atomic E-state index is 0.861. The van der Waals surface area contributed by atoms with E-state index in [1.807, 2.05) is 29.9 Å². The monoisotopic (exact) mass is 230 g/mol. The van der Waals surface area contributed by atoms with Gasteiger partial charge in [-0.25, -0.2) is 4.98 Å². The van der Waals surface area contributed by atoms with Gasteiger partial charge in [0.2, 0.25) is 0 Å². The van der Waals surface area contributed by atoms with E-state index >= 15 is 0 Å². The molecule has 0 bridgehead atoms. The molecule has 0 aliphatic rings. The lowest BCUT2D eigenvalue weighted by atomic mass is 10.2. The molecular formula is C12H10N2OS. The number of H-pyrrole nitrogens is 1. The lowest BCUT2D eigenvalue weighted by molar-refractivity contribution is 0.415. The summed E-state index contributed by atoms with van der Waals surface area (Å²) in [4.78, 5) is 7.56. The molecule has 3 aromatic rings. The summed E-state index contributed by atoms with van der Waals surface area (Å²) < 4.78 is 5.19. The van der Waals surface area contributed by atoms with Gasteiger partial charge in [-0.15, -0.1) is 11.3 Å². The number of nitrogens with one attached hydrogen (secondary N) is 1. The van der Waals surface area contributed by atoms with Crippen molar-refractivity contribution in [2.45, 2.75) is 0 Å². The van der Waals surface area contributed by atoms with Crippen LogP contribution in [0, 0.1) is 0 Å². The van der Waals surface area contributed by atoms with Gasteiger partial charge >= 0.3 is 0 Å². The normalized spacial score (nSPS) is 10.8. The van der Waals surface area contributed by atoms with E-state index in [2.05, 4.69) is 16.0 Å². The summed E-state index contributed by atoms with van der Waals surface area (Å²) >= 11 is 1.64. The molecular weight excluding hydrogens is 220 g/mol. The number of hydrogen-bond donors (Lipinski definition) is 1. The van der Waals surface area contributed by atoms with Gasteiger partial charge in [-0.1, -0.05) is 0 Å². The van der Waals surface area contributed by atoms with E-state index in [0.717, 1.165) is 21.8 Å². The van der Waals surface area contributed by atoms with Crippen LogP contribution in [0.2, 0.25) is 0 Å². The number of nitrogens with zero attached hydrogens (tertiary/aromatic N) is 1. The van der Waals surface area contributed by atoms with Crippen molar-refractivity contribution < 1.29 is 4.74 Å². The second-order valence-electron chi connectivity index (χ2n) is 3.45. The van der Waals surface area contributed by atoms with Crippen LogP contribution in [0.4, 0.5) is 0 Å². The van der Waals surface area contributed by atoms with E-state index in [4.69, 9.17) is 4.74 Å². The Hall–Kier alpha value is -1.81. The molecule has 16 heavy (non-hydrogen) atoms. The molecule has 1 N–H and O–H groups in total. The van der Waals surface area contributed by atoms with Gasteiger partial charge in [0.05, 0.1) is 7.11 Å². The lowest BCUT2D eigenvalue weighted by Crippen LogP contribution is -1.81. The van der Waals surface area contributed by atoms with Crippen molar-refractivity contribution in [1.82, 2.24) is 9.97 Å². The van der Waals surface area contributed by atoms with Gasteiger partial charge in [0.1, 0.15) is 10.8 Å². The Labute approximate surface area is 96.7 Å². The topological polar surface area (TPSA) is 37.9 Å². The second kappa shape index (κ2) is 3.64. The standard InChI is InChI=1S/C12H10N2OS/c1-15-8-2-3-9-10(7-14-11(9)6-8)12-13-4-5-16-12/h2-7,14H,1H3. The Morgan fingerprint density at radius 3 is 3.06 bits per heavy atom. The molecule has 0 radical (unpaired) electrons. The van der Waals surface area contributed by atoms with Crippen molar-refractivity contribution in [2.75, 3.05) is 7.11 Å². The van der Waals surface area contributed by atoms with Crippen LogP contribution in [0.5, 0.6) is 5.75 Å². The second-order valence-corrected chi connectivity index (χ2v) is 4.35. The van der Waals surface area contributed by atoms with Gasteiger partial charge in [0.25, 0.3) is 0 Å². The lowest BCUT2D eigenvalue weighted by Gasteiger charge is -1.99. The van der Waals surface area contributed by atoms with Gasteiger partial charge in [0, 0.05) is 40.3 Å². The quantitative estimate of drug-likeness (QED) is 0.733. The smallest absolute Gasteiger partial charge is 0.125 e. The van der Waals surface area contributed by atoms with Gasteiger partial charge in [-0.3, -0.25) is 0 Å². The fourth-order valence-electron chi connectivity index (χ4n) is 1.77. The van der Waals surface area contributed by atoms with Crippen LogP contribution in [0.3, 0.4) is 0 Å². The Bertz CT molecular complexity index is 613. The summed E-state index contributed by atoms with van der Waals surface area (Å²) in [6, 6.07) is 6.02. The summed E-state index contributed by atoms with van der Waals surface area (Å²) in [7, 11) is 1.67. The molecule has 2 aromatic heterocycles. The maximum atomic E-state index is 5.19. The first kappa shape index (κ1) is 9.42. The predicted molar refractivity (Wildman–Crippen MR) is 66.0 cm³/mol. The van der Waals surface area contributed by atoms with Crippen molar-refractivity contribution >= 4 is 22.2 Å². The Morgan fingerprint density at radius 2 is 2.31 bits per heavy atom. The minimum Gasteiger partial charge on any atom is -0.497 e. The highest BCUT2D eigenvalue weighted by atomic mass is 32.1. The van der Waals surface area contributed by atoms with Crippen LogP contribution >= 0.6 is 11.3 Å². The number of aromatic amines is 1. The van der Waals surface area contributed by atoms with Crippen molar-refractivity contribution in [3.63, 3.8) is 0 Å². The number of rotatable bonds is 2. The Morgan fingerprint density at radius 1 is 1.38 bits per heavy atom. The molecule has 0 spiro atoms. The summed E-state index contributed by atoms with van der Waals surface area (Å²) in [5.74, 6) is 0.861. The van der Waals surface area contributed by atoms with Crippen LogP contribution in [0.15, 0.2) is 36.0 Å². The molecule has 0 aliphatic heterocycles. The third-order valence-corrected chi connectivity index (χ3v) is 3.36. The van der Waals surface area contributed by atoms with Crippen molar-refractivity contribution in [2.24, 2.45) is 0 Å². The van der Waals surface area contributed by atoms with Gasteiger partial charge in [-0.05, 0) is 12.1 Å². The molecule has 3 rings (SSSR count). The fourth-order valence-corrected chi connectivity index (χ4v) is 2.43. The number of hydrogen-bond acceptors (Lipinski definition) is 3. The highest BCUT2D eigenvalue weighted by Crippen LogP contribution is 2.31. The first-order valence-electron chi connectivity index (χ1n) is 4.93. The molecule has 80 valence electrons. The molecule has 1 aromatic carbocycles. The van der Waals surface area contributed by atoms with Crippen LogP contribution in [0.1, 0.15) is 0 Å². The van der Waals surface area contributed by atoms with E-state index in [1.54, 1.807) is 18.4 Å². The van der Waals surface area contributed by atoms with Crippen molar-refractivity contribution in [1.29, 1.82) is 0 Å². The summed E-state index contributed by atoms with van der Waals surface area (Å²) in [5.41, 5.74) is 2.22. The number of benzene rings is 1. The molecule has 0 saturated carbocycles. The van der Waals surface area contributed by atoms with E-state index < -0.39 is 0 Å². The molecule has 3 nitrogen and oxygen atoms in total. The molecule has 0 unspecified atom stereocenters. The molecule has 0 amide bonds. The minimum atomic E-state index is 0.861. The fraction of sp³-hybridized carbons (Fsp3) is 0.0833. The summed E-state index contributed by atoms with van der Waals surface area (Å²) in [6.07, 6.45) is 3.81. The zero-order valence-corrected chi connectivity index (χ0v) is 9.54. The molecule has 2 heterocycles. The Balaban J connectivity index is 2.21. The molecule has 0 fully saturated rings. The number of fused-ring (bicyclic) bond motifs is 1. The molecule has 4 heteroatoms. The van der Waals surface area contributed by atoms with Crippen molar-refractivity contribution in [3.05, 3.63) is 36.0 Å². The SMILES string of the molecule is COc1ccc2c(-c3nccs3)c[nH]c2c1. The van der Waals surface area contributed by atoms with E-state index in [-0.39, 0.29) is 0 Å². The number of ether oxygens (including phenoxy) is 1. The van der Waals surface area contributed by atoms with E-state index in [9.17, 15) is 0 Å². The number of aromatic nitrogens is 2. The summed E-state index contributed by atoms with van der Waals surface area (Å²) in [6.45, 7) is 0. The average Bonchev–Trinajstić information content (AvgIpc) is 2.96. The maximum Gasteiger partial charge on any atom is 0.125 e. The largest absolute Gasteiger partial charge is 0.497 e. The third kappa shape index (κ3) is 1.39. The van der Waals surface area contributed by atoms with Crippen LogP contribution in [0.25, 0.3) is 21.5 Å². The predicted octanol–water partition coefficient (Wildman–Crippen LogP) is 3.30. The van der Waals surface area contributed by atoms with E-state index in [1.165, 1.54) is 5.39 Å². The number of methoxy groups -OCH3 is 1. The van der Waals surface area contributed by atoms with Crippen LogP contribution in [-0.2, 0) is 0 Å². The van der Waals surface area contributed by atoms with Crippen LogP contribution in [-0.4, -0.2) is 17.1 Å². The van der Waals surface area contributed by atoms with Gasteiger partial charge in [0.15, 0.2) is 0 Å². The van der Waals surface area contributed by atoms with E-state index in [0.29, 0.717) is 0 Å². The molecule has 0 saturated heterocycles. The number of thiazole rings is 1. The zero-order valence-electron chi connectivity index (χ0n) is 8.73. The third-order valence-electron chi connectivity index (χ3n) is 2.55.